The van der Waals surface area contributed by atoms with Gasteiger partial charge < -0.3 is 10.3 Å². The van der Waals surface area contributed by atoms with Gasteiger partial charge in [-0.15, -0.1) is 0 Å². The molecule has 1 aliphatic heterocycles. The van der Waals surface area contributed by atoms with Crippen molar-refractivity contribution in [3.63, 3.8) is 0 Å². The molecule has 1 unspecified atom stereocenters. The normalized spacial score (nSPS) is 20.2. The molecule has 0 spiro atoms. The van der Waals surface area contributed by atoms with Gasteiger partial charge in [0.25, 0.3) is 5.89 Å². The van der Waals surface area contributed by atoms with Crippen LogP contribution in [0.25, 0.3) is 11.5 Å². The van der Waals surface area contributed by atoms with Crippen LogP contribution in [0.15, 0.2) is 22.7 Å². The monoisotopic (exact) mass is 294 g/mol. The molecule has 0 radical (unpaired) electrons. The van der Waals surface area contributed by atoms with E-state index in [4.69, 9.17) is 10.3 Å². The Hall–Kier alpha value is -1.60. The maximum Gasteiger partial charge on any atom is 0.260 e. The molecule has 1 aromatic heterocycles. The molecule has 1 aliphatic rings. The van der Waals surface area contributed by atoms with E-state index >= 15 is 0 Å². The van der Waals surface area contributed by atoms with Crippen molar-refractivity contribution >= 4 is 17.4 Å². The van der Waals surface area contributed by atoms with Crippen LogP contribution in [0.1, 0.15) is 11.9 Å². The topological polar surface area (TPSA) is 68.2 Å². The lowest BCUT2D eigenvalue weighted by atomic mass is 10.2. The molecule has 0 saturated carbocycles. The Morgan fingerprint density at radius 1 is 1.50 bits per heavy atom. The van der Waals surface area contributed by atoms with E-state index in [1.165, 1.54) is 18.2 Å². The van der Waals surface area contributed by atoms with E-state index in [0.717, 1.165) is 18.1 Å². The molecular weight excluding hydrogens is 279 g/mol. The van der Waals surface area contributed by atoms with Gasteiger partial charge in [-0.05, 0) is 25.2 Å². The summed E-state index contributed by atoms with van der Waals surface area (Å²) in [5.41, 5.74) is 6.69. The van der Waals surface area contributed by atoms with Crippen LogP contribution in [0.2, 0.25) is 0 Å². The number of hydrogen-bond acceptors (Lipinski definition) is 6. The first-order chi connectivity index (χ1) is 9.65. The zero-order chi connectivity index (χ0) is 14.1. The van der Waals surface area contributed by atoms with Gasteiger partial charge in [-0.25, -0.2) is 4.39 Å². The minimum Gasteiger partial charge on any atom is -0.398 e. The lowest BCUT2D eigenvalue weighted by molar-refractivity contribution is 0.257. The summed E-state index contributed by atoms with van der Waals surface area (Å²) in [4.78, 5) is 6.57. The van der Waals surface area contributed by atoms with Crippen LogP contribution in [0.4, 0.5) is 10.1 Å². The summed E-state index contributed by atoms with van der Waals surface area (Å²) in [6.45, 7) is 0.987. The predicted molar refractivity (Wildman–Crippen MR) is 76.8 cm³/mol. The number of anilines is 1. The first-order valence-electron chi connectivity index (χ1n) is 6.32. The quantitative estimate of drug-likeness (QED) is 0.856. The Balaban J connectivity index is 1.91. The summed E-state index contributed by atoms with van der Waals surface area (Å²) in [6, 6.07) is 4.24. The average Bonchev–Trinajstić information content (AvgIpc) is 2.91. The van der Waals surface area contributed by atoms with E-state index in [-0.39, 0.29) is 17.7 Å². The summed E-state index contributed by atoms with van der Waals surface area (Å²) in [7, 11) is 2.04. The minimum absolute atomic E-state index is 0.126. The largest absolute Gasteiger partial charge is 0.398 e. The second-order valence-corrected chi connectivity index (χ2v) is 5.91. The number of hydrogen-bond donors (Lipinski definition) is 1. The predicted octanol–water partition coefficient (Wildman–Crippen LogP) is 2.18. The third-order valence-electron chi connectivity index (χ3n) is 3.38. The van der Waals surface area contributed by atoms with E-state index in [2.05, 4.69) is 15.0 Å². The third kappa shape index (κ3) is 2.51. The molecule has 5 nitrogen and oxygen atoms in total. The minimum atomic E-state index is -0.376. The van der Waals surface area contributed by atoms with Crippen LogP contribution in [0, 0.1) is 5.82 Å². The molecule has 1 fully saturated rings. The molecule has 0 aliphatic carbocycles. The highest BCUT2D eigenvalue weighted by atomic mass is 32.2. The van der Waals surface area contributed by atoms with Crippen LogP contribution < -0.4 is 5.73 Å². The zero-order valence-corrected chi connectivity index (χ0v) is 11.9. The van der Waals surface area contributed by atoms with E-state index in [1.807, 2.05) is 18.8 Å². The Morgan fingerprint density at radius 2 is 2.35 bits per heavy atom. The fourth-order valence-corrected chi connectivity index (χ4v) is 3.36. The maximum atomic E-state index is 13.3. The summed E-state index contributed by atoms with van der Waals surface area (Å²) >= 11 is 1.86. The molecule has 1 saturated heterocycles. The third-order valence-corrected chi connectivity index (χ3v) is 4.40. The van der Waals surface area contributed by atoms with Crippen LogP contribution in [0.3, 0.4) is 0 Å². The van der Waals surface area contributed by atoms with Crippen molar-refractivity contribution in [3.05, 3.63) is 29.8 Å². The van der Waals surface area contributed by atoms with Gasteiger partial charge in [-0.1, -0.05) is 5.16 Å². The van der Waals surface area contributed by atoms with Gasteiger partial charge >= 0.3 is 0 Å². The fraction of sp³-hybridized carbons (Fsp3) is 0.385. The summed E-state index contributed by atoms with van der Waals surface area (Å²) in [5, 5.41) is 4.02. The SMILES string of the molecule is CN1CCSCC1c1noc(-c2cc(F)ccc2N)n1. The molecule has 0 amide bonds. The lowest BCUT2D eigenvalue weighted by Gasteiger charge is -2.29. The Kier molecular flexibility index (Phi) is 3.62. The van der Waals surface area contributed by atoms with Crippen molar-refractivity contribution in [2.24, 2.45) is 0 Å². The van der Waals surface area contributed by atoms with Crippen molar-refractivity contribution in [1.82, 2.24) is 15.0 Å². The number of nitrogen functional groups attached to an aromatic ring is 1. The van der Waals surface area contributed by atoms with Gasteiger partial charge in [0.1, 0.15) is 5.82 Å². The molecule has 3 rings (SSSR count). The molecule has 7 heteroatoms. The smallest absolute Gasteiger partial charge is 0.260 e. The number of nitrogens with two attached hydrogens (primary N) is 1. The molecule has 20 heavy (non-hydrogen) atoms. The van der Waals surface area contributed by atoms with Crippen molar-refractivity contribution in [2.75, 3.05) is 30.8 Å². The standard InChI is InChI=1S/C13H15FN4OS/c1-18-4-5-20-7-11(18)12-16-13(19-17-12)9-6-8(14)2-3-10(9)15/h2-3,6,11H,4-5,7,15H2,1H3. The van der Waals surface area contributed by atoms with Gasteiger partial charge in [-0.2, -0.15) is 16.7 Å². The van der Waals surface area contributed by atoms with Crippen molar-refractivity contribution < 1.29 is 8.91 Å². The molecule has 1 aromatic carbocycles. The van der Waals surface area contributed by atoms with Crippen LogP contribution in [-0.2, 0) is 0 Å². The molecule has 1 atom stereocenters. The van der Waals surface area contributed by atoms with Crippen LogP contribution >= 0.6 is 11.8 Å². The highest BCUT2D eigenvalue weighted by Crippen LogP contribution is 2.30. The fourth-order valence-electron chi connectivity index (χ4n) is 2.15. The molecule has 106 valence electrons. The van der Waals surface area contributed by atoms with Gasteiger partial charge in [0.05, 0.1) is 11.6 Å². The molecular formula is C13H15FN4OS. The highest BCUT2D eigenvalue weighted by Gasteiger charge is 2.26. The number of aromatic nitrogens is 2. The van der Waals surface area contributed by atoms with Gasteiger partial charge in [0, 0.05) is 23.7 Å². The van der Waals surface area contributed by atoms with E-state index in [1.54, 1.807) is 0 Å². The molecule has 2 heterocycles. The number of halogens is 1. The Labute approximate surface area is 120 Å². The van der Waals surface area contributed by atoms with Gasteiger partial charge in [-0.3, -0.25) is 4.90 Å². The Bertz CT molecular complexity index is 618. The second-order valence-electron chi connectivity index (χ2n) is 4.76. The van der Waals surface area contributed by atoms with Crippen molar-refractivity contribution in [2.45, 2.75) is 6.04 Å². The van der Waals surface area contributed by atoms with Gasteiger partial charge in [0.2, 0.25) is 0 Å². The number of thioether (sulfide) groups is 1. The summed E-state index contributed by atoms with van der Waals surface area (Å²) in [6.07, 6.45) is 0. The first kappa shape index (κ1) is 13.4. The molecule has 2 aromatic rings. The Morgan fingerprint density at radius 3 is 3.15 bits per heavy atom. The van der Waals surface area contributed by atoms with E-state index in [0.29, 0.717) is 17.1 Å². The van der Waals surface area contributed by atoms with Crippen LogP contribution in [-0.4, -0.2) is 40.1 Å². The molecule has 0 bridgehead atoms. The van der Waals surface area contributed by atoms with E-state index in [9.17, 15) is 4.39 Å². The molecule has 2 N–H and O–H groups in total. The number of nitrogens with zero attached hydrogens (tertiary/aromatic N) is 3. The van der Waals surface area contributed by atoms with E-state index < -0.39 is 0 Å². The number of rotatable bonds is 2. The average molecular weight is 294 g/mol. The first-order valence-corrected chi connectivity index (χ1v) is 7.47. The van der Waals surface area contributed by atoms with Crippen LogP contribution in [0.5, 0.6) is 0 Å². The second kappa shape index (κ2) is 5.41. The highest BCUT2D eigenvalue weighted by molar-refractivity contribution is 7.99. The maximum absolute atomic E-state index is 13.3. The number of benzene rings is 1. The van der Waals surface area contributed by atoms with Gasteiger partial charge in [0.15, 0.2) is 5.82 Å². The summed E-state index contributed by atoms with van der Waals surface area (Å²) < 4.78 is 18.5. The summed E-state index contributed by atoms with van der Waals surface area (Å²) in [5.74, 6) is 2.54. The van der Waals surface area contributed by atoms with Crippen molar-refractivity contribution in [3.8, 4) is 11.5 Å². The zero-order valence-electron chi connectivity index (χ0n) is 11.0. The lowest BCUT2D eigenvalue weighted by Crippen LogP contribution is -2.33. The van der Waals surface area contributed by atoms with Crippen molar-refractivity contribution in [1.29, 1.82) is 0 Å².